The standard InChI is InChI=1S/C23H29FN4O3/c1-3-31-20-10-8-19(9-11-20)26-23(30)22(29)25-16-21(17-4-6-18(24)7-5-17)28-14-12-27(2)13-15-28/h4-11,21H,3,12-16H2,1-2H3,(H,25,29)(H,26,30). The molecule has 1 heterocycles. The van der Waals surface area contributed by atoms with Gasteiger partial charge in [-0.2, -0.15) is 0 Å². The van der Waals surface area contributed by atoms with Gasteiger partial charge in [-0.05, 0) is 55.9 Å². The molecule has 2 aromatic carbocycles. The summed E-state index contributed by atoms with van der Waals surface area (Å²) in [6.45, 7) is 6.16. The maximum atomic E-state index is 13.4. The minimum Gasteiger partial charge on any atom is -0.494 e. The fraction of sp³-hybridized carbons (Fsp3) is 0.391. The summed E-state index contributed by atoms with van der Waals surface area (Å²) in [4.78, 5) is 29.2. The van der Waals surface area contributed by atoms with E-state index < -0.39 is 11.8 Å². The van der Waals surface area contributed by atoms with Crippen molar-refractivity contribution in [3.05, 3.63) is 59.9 Å². The number of ether oxygens (including phenoxy) is 1. The van der Waals surface area contributed by atoms with Crippen molar-refractivity contribution in [2.45, 2.75) is 13.0 Å². The first kappa shape index (κ1) is 22.7. The Morgan fingerprint density at radius 2 is 1.65 bits per heavy atom. The third kappa shape index (κ3) is 6.50. The summed E-state index contributed by atoms with van der Waals surface area (Å²) in [7, 11) is 2.07. The highest BCUT2D eigenvalue weighted by molar-refractivity contribution is 6.39. The van der Waals surface area contributed by atoms with Crippen LogP contribution in [0.15, 0.2) is 48.5 Å². The first-order valence-corrected chi connectivity index (χ1v) is 10.5. The van der Waals surface area contributed by atoms with Crippen LogP contribution in [0.3, 0.4) is 0 Å². The molecule has 0 aromatic heterocycles. The van der Waals surface area contributed by atoms with Crippen molar-refractivity contribution in [1.29, 1.82) is 0 Å². The quantitative estimate of drug-likeness (QED) is 0.662. The predicted molar refractivity (Wildman–Crippen MR) is 117 cm³/mol. The molecule has 1 aliphatic rings. The van der Waals surface area contributed by atoms with Crippen LogP contribution in [-0.4, -0.2) is 68.0 Å². The molecule has 0 spiro atoms. The molecule has 0 bridgehead atoms. The third-order valence-electron chi connectivity index (χ3n) is 5.32. The number of halogens is 1. The van der Waals surface area contributed by atoms with Gasteiger partial charge in [0.05, 0.1) is 12.6 Å². The minimum absolute atomic E-state index is 0.142. The molecule has 7 nitrogen and oxygen atoms in total. The monoisotopic (exact) mass is 428 g/mol. The molecule has 1 unspecified atom stereocenters. The third-order valence-corrected chi connectivity index (χ3v) is 5.32. The van der Waals surface area contributed by atoms with E-state index in [1.165, 1.54) is 12.1 Å². The van der Waals surface area contributed by atoms with Gasteiger partial charge in [-0.1, -0.05) is 12.1 Å². The van der Waals surface area contributed by atoms with Crippen LogP contribution in [0.25, 0.3) is 0 Å². The van der Waals surface area contributed by atoms with Crippen LogP contribution < -0.4 is 15.4 Å². The van der Waals surface area contributed by atoms with Crippen LogP contribution in [0.1, 0.15) is 18.5 Å². The largest absolute Gasteiger partial charge is 0.494 e. The van der Waals surface area contributed by atoms with Crippen molar-refractivity contribution in [2.75, 3.05) is 51.7 Å². The number of rotatable bonds is 7. The molecule has 1 atom stereocenters. The summed E-state index contributed by atoms with van der Waals surface area (Å²) in [5.74, 6) is -1.06. The summed E-state index contributed by atoms with van der Waals surface area (Å²) >= 11 is 0. The summed E-state index contributed by atoms with van der Waals surface area (Å²) in [5.41, 5.74) is 1.41. The molecular formula is C23H29FN4O3. The van der Waals surface area contributed by atoms with Gasteiger partial charge in [0.25, 0.3) is 0 Å². The first-order chi connectivity index (χ1) is 15.0. The molecule has 1 saturated heterocycles. The second kappa shape index (κ2) is 10.9. The van der Waals surface area contributed by atoms with Gasteiger partial charge in [0.1, 0.15) is 11.6 Å². The minimum atomic E-state index is -0.736. The van der Waals surface area contributed by atoms with Crippen LogP contribution in [0.4, 0.5) is 10.1 Å². The highest BCUT2D eigenvalue weighted by atomic mass is 19.1. The van der Waals surface area contributed by atoms with Crippen molar-refractivity contribution in [2.24, 2.45) is 0 Å². The first-order valence-electron chi connectivity index (χ1n) is 10.5. The van der Waals surface area contributed by atoms with E-state index in [0.29, 0.717) is 18.0 Å². The molecule has 0 saturated carbocycles. The second-order valence-electron chi connectivity index (χ2n) is 7.53. The van der Waals surface area contributed by atoms with Crippen LogP contribution >= 0.6 is 0 Å². The number of benzene rings is 2. The number of nitrogens with one attached hydrogen (secondary N) is 2. The van der Waals surface area contributed by atoms with Gasteiger partial charge in [-0.25, -0.2) is 4.39 Å². The van der Waals surface area contributed by atoms with E-state index in [1.807, 2.05) is 6.92 Å². The summed E-state index contributed by atoms with van der Waals surface area (Å²) in [5, 5.41) is 5.32. The maximum Gasteiger partial charge on any atom is 0.313 e. The molecule has 3 rings (SSSR count). The van der Waals surface area contributed by atoms with Gasteiger partial charge in [0, 0.05) is 38.4 Å². The highest BCUT2D eigenvalue weighted by Gasteiger charge is 2.25. The average Bonchev–Trinajstić information content (AvgIpc) is 2.77. The highest BCUT2D eigenvalue weighted by Crippen LogP contribution is 2.22. The number of carbonyl (C=O) groups is 2. The topological polar surface area (TPSA) is 73.9 Å². The van der Waals surface area contributed by atoms with Crippen molar-refractivity contribution < 1.29 is 18.7 Å². The second-order valence-corrected chi connectivity index (χ2v) is 7.53. The summed E-state index contributed by atoms with van der Waals surface area (Å²) < 4.78 is 18.8. The Bertz CT molecular complexity index is 865. The zero-order valence-corrected chi connectivity index (χ0v) is 17.9. The van der Waals surface area contributed by atoms with Gasteiger partial charge in [-0.3, -0.25) is 14.5 Å². The van der Waals surface area contributed by atoms with Gasteiger partial charge in [-0.15, -0.1) is 0 Å². The summed E-state index contributed by atoms with van der Waals surface area (Å²) in [6.07, 6.45) is 0. The predicted octanol–water partition coefficient (Wildman–Crippen LogP) is 2.27. The molecule has 8 heteroatoms. The Morgan fingerprint density at radius 3 is 2.26 bits per heavy atom. The Labute approximate surface area is 182 Å². The van der Waals surface area contributed by atoms with Crippen molar-refractivity contribution in [1.82, 2.24) is 15.1 Å². The lowest BCUT2D eigenvalue weighted by atomic mass is 10.0. The lowest BCUT2D eigenvalue weighted by molar-refractivity contribution is -0.136. The van der Waals surface area contributed by atoms with Crippen LogP contribution in [0, 0.1) is 5.82 Å². The van der Waals surface area contributed by atoms with E-state index in [2.05, 4.69) is 27.5 Å². The Balaban J connectivity index is 1.60. The average molecular weight is 429 g/mol. The fourth-order valence-electron chi connectivity index (χ4n) is 3.53. The van der Waals surface area contributed by atoms with Gasteiger partial charge < -0.3 is 20.3 Å². The summed E-state index contributed by atoms with van der Waals surface area (Å²) in [6, 6.07) is 13.0. The van der Waals surface area contributed by atoms with Crippen molar-refractivity contribution in [3.63, 3.8) is 0 Å². The molecular weight excluding hydrogens is 399 g/mol. The Morgan fingerprint density at radius 1 is 1.00 bits per heavy atom. The zero-order valence-electron chi connectivity index (χ0n) is 17.9. The number of piperazine rings is 1. The van der Waals surface area contributed by atoms with Gasteiger partial charge in [0.15, 0.2) is 0 Å². The van der Waals surface area contributed by atoms with Crippen molar-refractivity contribution >= 4 is 17.5 Å². The maximum absolute atomic E-state index is 13.4. The SMILES string of the molecule is CCOc1ccc(NC(=O)C(=O)NCC(c2ccc(F)cc2)N2CCN(C)CC2)cc1. The van der Waals surface area contributed by atoms with E-state index in [4.69, 9.17) is 4.74 Å². The van der Waals surface area contributed by atoms with Gasteiger partial charge >= 0.3 is 11.8 Å². The normalized spacial score (nSPS) is 15.8. The molecule has 166 valence electrons. The number of likely N-dealkylation sites (N-methyl/N-ethyl adjacent to an activating group) is 1. The lowest BCUT2D eigenvalue weighted by Gasteiger charge is -2.38. The molecule has 2 aromatic rings. The van der Waals surface area contributed by atoms with Crippen LogP contribution in [0.2, 0.25) is 0 Å². The lowest BCUT2D eigenvalue weighted by Crippen LogP contribution is -2.49. The molecule has 2 amide bonds. The van der Waals surface area contributed by atoms with E-state index in [9.17, 15) is 14.0 Å². The molecule has 0 aliphatic carbocycles. The van der Waals surface area contributed by atoms with E-state index >= 15 is 0 Å². The van der Waals surface area contributed by atoms with E-state index in [0.717, 1.165) is 31.7 Å². The number of hydrogen-bond acceptors (Lipinski definition) is 5. The van der Waals surface area contributed by atoms with E-state index in [-0.39, 0.29) is 18.4 Å². The molecule has 2 N–H and O–H groups in total. The molecule has 1 fully saturated rings. The van der Waals surface area contributed by atoms with Gasteiger partial charge in [0.2, 0.25) is 0 Å². The molecule has 0 radical (unpaired) electrons. The number of hydrogen-bond donors (Lipinski definition) is 2. The fourth-order valence-corrected chi connectivity index (χ4v) is 3.53. The number of carbonyl (C=O) groups excluding carboxylic acids is 2. The number of nitrogens with zero attached hydrogens (tertiary/aromatic N) is 2. The van der Waals surface area contributed by atoms with Crippen LogP contribution in [-0.2, 0) is 9.59 Å². The number of anilines is 1. The Kier molecular flexibility index (Phi) is 7.97. The Hall–Kier alpha value is -2.97. The van der Waals surface area contributed by atoms with Crippen molar-refractivity contribution in [3.8, 4) is 5.75 Å². The molecule has 1 aliphatic heterocycles. The molecule has 31 heavy (non-hydrogen) atoms. The zero-order chi connectivity index (χ0) is 22.2. The van der Waals surface area contributed by atoms with Crippen LogP contribution in [0.5, 0.6) is 5.75 Å². The smallest absolute Gasteiger partial charge is 0.313 e. The number of amides is 2. The van der Waals surface area contributed by atoms with E-state index in [1.54, 1.807) is 36.4 Å².